The van der Waals surface area contributed by atoms with E-state index in [1.165, 1.54) is 25.3 Å². The fraction of sp³-hybridized carbons (Fsp3) is 0.364. The number of carbonyl (C=O) groups is 2. The molecule has 1 fully saturated rings. The number of benzene rings is 2. The highest BCUT2D eigenvalue weighted by molar-refractivity contribution is 6.36. The minimum atomic E-state index is -0.432. The number of nitrogens with zero attached hydrogens (tertiary/aromatic N) is 1. The summed E-state index contributed by atoms with van der Waals surface area (Å²) < 4.78 is 18.8. The molecule has 1 saturated heterocycles. The van der Waals surface area contributed by atoms with Crippen LogP contribution in [0.3, 0.4) is 0 Å². The molecule has 0 bridgehead atoms. The molecule has 0 aromatic heterocycles. The molecule has 3 rings (SSSR count). The van der Waals surface area contributed by atoms with Crippen molar-refractivity contribution < 1.29 is 18.7 Å². The van der Waals surface area contributed by atoms with Gasteiger partial charge in [0.15, 0.2) is 11.6 Å². The Bertz CT molecular complexity index is 950. The summed E-state index contributed by atoms with van der Waals surface area (Å²) in [6.45, 7) is 2.07. The molecule has 6 nitrogen and oxygen atoms in total. The molecule has 0 saturated carbocycles. The zero-order valence-electron chi connectivity index (χ0n) is 17.1. The molecule has 0 radical (unpaired) electrons. The van der Waals surface area contributed by atoms with Crippen molar-refractivity contribution in [3.05, 3.63) is 63.4 Å². The topological polar surface area (TPSA) is 70.7 Å². The van der Waals surface area contributed by atoms with Gasteiger partial charge in [-0.2, -0.15) is 0 Å². The van der Waals surface area contributed by atoms with E-state index in [0.717, 1.165) is 31.5 Å². The Hall–Kier alpha value is -2.35. The lowest BCUT2D eigenvalue weighted by atomic mass is 10.0. The molecular formula is C22H24Cl2FN3O3. The number of hydrogen-bond donors (Lipinski definition) is 2. The zero-order valence-corrected chi connectivity index (χ0v) is 18.6. The number of rotatable bonds is 7. The first-order valence-corrected chi connectivity index (χ1v) is 10.7. The molecule has 2 amide bonds. The van der Waals surface area contributed by atoms with Gasteiger partial charge in [0.25, 0.3) is 5.91 Å². The van der Waals surface area contributed by atoms with Crippen molar-refractivity contribution in [1.82, 2.24) is 15.5 Å². The molecule has 0 spiro atoms. The van der Waals surface area contributed by atoms with Gasteiger partial charge in [-0.05, 0) is 48.7 Å². The molecular weight excluding hydrogens is 444 g/mol. The molecule has 0 aliphatic carbocycles. The Morgan fingerprint density at radius 3 is 2.55 bits per heavy atom. The van der Waals surface area contributed by atoms with Crippen LogP contribution in [-0.4, -0.2) is 49.5 Å². The summed E-state index contributed by atoms with van der Waals surface area (Å²) >= 11 is 11.8. The average molecular weight is 468 g/mol. The molecule has 166 valence electrons. The molecule has 2 N–H and O–H groups in total. The van der Waals surface area contributed by atoms with Crippen LogP contribution in [0.15, 0.2) is 36.4 Å². The van der Waals surface area contributed by atoms with Crippen molar-refractivity contribution in [3.63, 3.8) is 0 Å². The highest BCUT2D eigenvalue weighted by Crippen LogP contribution is 2.21. The van der Waals surface area contributed by atoms with Crippen LogP contribution in [0, 0.1) is 5.82 Å². The first kappa shape index (κ1) is 23.3. The van der Waals surface area contributed by atoms with Crippen molar-refractivity contribution in [3.8, 4) is 5.75 Å². The fourth-order valence-corrected chi connectivity index (χ4v) is 4.00. The van der Waals surface area contributed by atoms with Gasteiger partial charge in [-0.25, -0.2) is 4.39 Å². The van der Waals surface area contributed by atoms with Gasteiger partial charge in [-0.15, -0.1) is 0 Å². The minimum Gasteiger partial charge on any atom is -0.494 e. The first-order chi connectivity index (χ1) is 14.9. The summed E-state index contributed by atoms with van der Waals surface area (Å²) in [7, 11) is 1.44. The van der Waals surface area contributed by atoms with Gasteiger partial charge < -0.3 is 15.4 Å². The maximum Gasteiger partial charge on any atom is 0.253 e. The van der Waals surface area contributed by atoms with E-state index in [0.29, 0.717) is 11.6 Å². The van der Waals surface area contributed by atoms with Gasteiger partial charge in [0.2, 0.25) is 5.91 Å². The van der Waals surface area contributed by atoms with Crippen LogP contribution < -0.4 is 15.4 Å². The smallest absolute Gasteiger partial charge is 0.253 e. The van der Waals surface area contributed by atoms with Crippen molar-refractivity contribution >= 4 is 35.0 Å². The molecule has 2 aromatic carbocycles. The average Bonchev–Trinajstić information content (AvgIpc) is 2.73. The highest BCUT2D eigenvalue weighted by Gasteiger charge is 2.21. The molecule has 2 aromatic rings. The lowest BCUT2D eigenvalue weighted by Gasteiger charge is -2.32. The van der Waals surface area contributed by atoms with Gasteiger partial charge in [-0.3, -0.25) is 14.5 Å². The normalized spacial score (nSPS) is 14.8. The van der Waals surface area contributed by atoms with Gasteiger partial charge in [-0.1, -0.05) is 29.3 Å². The first-order valence-electron chi connectivity index (χ1n) is 9.93. The molecule has 1 heterocycles. The van der Waals surface area contributed by atoms with Crippen molar-refractivity contribution in [1.29, 1.82) is 0 Å². The lowest BCUT2D eigenvalue weighted by Crippen LogP contribution is -2.47. The Balaban J connectivity index is 1.40. The van der Waals surface area contributed by atoms with E-state index in [2.05, 4.69) is 15.5 Å². The number of likely N-dealkylation sites (tertiary alicyclic amines) is 1. The number of carbonyl (C=O) groups excluding carboxylic acids is 2. The van der Waals surface area contributed by atoms with Gasteiger partial charge in [0, 0.05) is 30.7 Å². The second-order valence-corrected chi connectivity index (χ2v) is 8.24. The number of piperidine rings is 1. The minimum absolute atomic E-state index is 0.0346. The van der Waals surface area contributed by atoms with Crippen LogP contribution in [0.1, 0.15) is 28.8 Å². The molecule has 1 aliphatic rings. The van der Waals surface area contributed by atoms with E-state index in [1.807, 2.05) is 6.07 Å². The third-order valence-corrected chi connectivity index (χ3v) is 5.71. The van der Waals surface area contributed by atoms with Crippen LogP contribution >= 0.6 is 23.2 Å². The monoisotopic (exact) mass is 467 g/mol. The van der Waals surface area contributed by atoms with E-state index in [9.17, 15) is 14.0 Å². The summed E-state index contributed by atoms with van der Waals surface area (Å²) in [5, 5.41) is 6.18. The van der Waals surface area contributed by atoms with Crippen LogP contribution in [0.5, 0.6) is 5.75 Å². The van der Waals surface area contributed by atoms with Crippen molar-refractivity contribution in [2.75, 3.05) is 26.7 Å². The van der Waals surface area contributed by atoms with E-state index in [-0.39, 0.29) is 40.6 Å². The van der Waals surface area contributed by atoms with Crippen LogP contribution in [0.25, 0.3) is 0 Å². The van der Waals surface area contributed by atoms with Crippen LogP contribution in [-0.2, 0) is 11.3 Å². The van der Waals surface area contributed by atoms with Gasteiger partial charge in [0.05, 0.1) is 24.2 Å². The highest BCUT2D eigenvalue weighted by atomic mass is 35.5. The third-order valence-electron chi connectivity index (χ3n) is 5.16. The van der Waals surface area contributed by atoms with Crippen molar-refractivity contribution in [2.24, 2.45) is 0 Å². The number of amides is 2. The van der Waals surface area contributed by atoms with Gasteiger partial charge in [0.1, 0.15) is 0 Å². The number of hydrogen-bond acceptors (Lipinski definition) is 4. The summed E-state index contributed by atoms with van der Waals surface area (Å²) in [4.78, 5) is 26.6. The predicted octanol–water partition coefficient (Wildman–Crippen LogP) is 3.65. The Labute approximate surface area is 190 Å². The van der Waals surface area contributed by atoms with Gasteiger partial charge >= 0.3 is 0 Å². The summed E-state index contributed by atoms with van der Waals surface area (Å²) in [6.07, 6.45) is 1.56. The Morgan fingerprint density at radius 1 is 1.16 bits per heavy atom. The second kappa shape index (κ2) is 10.8. The molecule has 9 heteroatoms. The van der Waals surface area contributed by atoms with E-state index in [1.54, 1.807) is 12.1 Å². The maximum absolute atomic E-state index is 13.9. The lowest BCUT2D eigenvalue weighted by molar-refractivity contribution is -0.121. The standard InChI is InChI=1S/C22H24Cl2FN3O3/c1-31-20-5-2-14(10-19(20)25)13-28-8-6-16(7-9-28)27-21(29)12-26-22(30)17-4-3-15(23)11-18(17)24/h2-5,10-11,16H,6-9,12-13H2,1H3,(H,26,30)(H,27,29). The SMILES string of the molecule is COc1ccc(CN2CCC(NC(=O)CNC(=O)c3ccc(Cl)cc3Cl)CC2)cc1F. The fourth-order valence-electron chi connectivity index (χ4n) is 3.51. The summed E-state index contributed by atoms with van der Waals surface area (Å²) in [5.74, 6) is -0.827. The van der Waals surface area contributed by atoms with Crippen molar-refractivity contribution in [2.45, 2.75) is 25.4 Å². The summed E-state index contributed by atoms with van der Waals surface area (Å²) in [5.41, 5.74) is 1.14. The van der Waals surface area contributed by atoms with Crippen LogP contribution in [0.2, 0.25) is 10.0 Å². The predicted molar refractivity (Wildman–Crippen MR) is 118 cm³/mol. The molecule has 31 heavy (non-hydrogen) atoms. The third kappa shape index (κ3) is 6.56. The van der Waals surface area contributed by atoms with E-state index < -0.39 is 5.91 Å². The van der Waals surface area contributed by atoms with Crippen LogP contribution in [0.4, 0.5) is 4.39 Å². The number of methoxy groups -OCH3 is 1. The van der Waals surface area contributed by atoms with E-state index >= 15 is 0 Å². The molecule has 0 atom stereocenters. The quantitative estimate of drug-likeness (QED) is 0.651. The number of ether oxygens (including phenoxy) is 1. The molecule has 0 unspecified atom stereocenters. The Morgan fingerprint density at radius 2 is 1.90 bits per heavy atom. The molecule has 1 aliphatic heterocycles. The number of halogens is 3. The maximum atomic E-state index is 13.9. The Kier molecular flexibility index (Phi) is 8.12. The van der Waals surface area contributed by atoms with E-state index in [4.69, 9.17) is 27.9 Å². The zero-order chi connectivity index (χ0) is 22.4. The largest absolute Gasteiger partial charge is 0.494 e. The number of nitrogens with one attached hydrogen (secondary N) is 2. The second-order valence-electron chi connectivity index (χ2n) is 7.39. The summed E-state index contributed by atoms with van der Waals surface area (Å²) in [6, 6.07) is 9.56.